The van der Waals surface area contributed by atoms with Gasteiger partial charge in [0.15, 0.2) is 5.96 Å². The van der Waals surface area contributed by atoms with Gasteiger partial charge >= 0.3 is 0 Å². The molecular formula is C20H30N6O. The van der Waals surface area contributed by atoms with Crippen molar-refractivity contribution in [2.24, 2.45) is 10.7 Å². The average molecular weight is 371 g/mol. The lowest BCUT2D eigenvalue weighted by atomic mass is 10.2. The molecule has 7 heteroatoms. The fourth-order valence-corrected chi connectivity index (χ4v) is 3.29. The number of hydrogen-bond donors (Lipinski definition) is 2. The summed E-state index contributed by atoms with van der Waals surface area (Å²) in [5.41, 5.74) is 10.3. The molecule has 0 atom stereocenters. The molecule has 0 spiro atoms. The third kappa shape index (κ3) is 5.55. The quantitative estimate of drug-likeness (QED) is 0.440. The normalized spacial score (nSPS) is 15.9. The van der Waals surface area contributed by atoms with Crippen molar-refractivity contribution in [1.29, 1.82) is 0 Å². The summed E-state index contributed by atoms with van der Waals surface area (Å²) >= 11 is 0. The highest BCUT2D eigenvalue weighted by molar-refractivity contribution is 5.77. The summed E-state index contributed by atoms with van der Waals surface area (Å²) in [6, 6.07) is 10.2. The topological polar surface area (TPSA) is 80.7 Å². The molecule has 1 aliphatic rings. The van der Waals surface area contributed by atoms with E-state index in [9.17, 15) is 0 Å². The molecule has 1 saturated heterocycles. The minimum atomic E-state index is 0.486. The van der Waals surface area contributed by atoms with Crippen LogP contribution in [0.2, 0.25) is 0 Å². The molecule has 0 radical (unpaired) electrons. The molecule has 0 saturated carbocycles. The van der Waals surface area contributed by atoms with Crippen LogP contribution >= 0.6 is 0 Å². The molecule has 1 aromatic carbocycles. The van der Waals surface area contributed by atoms with Crippen LogP contribution in [-0.2, 0) is 11.3 Å². The van der Waals surface area contributed by atoms with Crippen LogP contribution in [0.5, 0.6) is 0 Å². The van der Waals surface area contributed by atoms with E-state index < -0.39 is 0 Å². The Morgan fingerprint density at radius 1 is 1.26 bits per heavy atom. The minimum absolute atomic E-state index is 0.486. The predicted octanol–water partition coefficient (Wildman–Crippen LogP) is 1.62. The number of aryl methyl sites for hydroxylation is 2. The molecule has 1 aromatic heterocycles. The summed E-state index contributed by atoms with van der Waals surface area (Å²) in [5.74, 6) is 0.486. The molecule has 2 heterocycles. The van der Waals surface area contributed by atoms with Gasteiger partial charge in [-0.05, 0) is 44.5 Å². The Morgan fingerprint density at radius 2 is 2.04 bits per heavy atom. The third-order valence-corrected chi connectivity index (χ3v) is 4.71. The van der Waals surface area contributed by atoms with Crippen LogP contribution in [0, 0.1) is 13.8 Å². The van der Waals surface area contributed by atoms with Crippen molar-refractivity contribution >= 4 is 5.96 Å². The molecule has 1 fully saturated rings. The van der Waals surface area contributed by atoms with E-state index in [0.717, 1.165) is 68.5 Å². The molecule has 3 N–H and O–H groups in total. The molecule has 146 valence electrons. The number of aliphatic imine (C=N–C) groups is 1. The van der Waals surface area contributed by atoms with Gasteiger partial charge in [-0.1, -0.05) is 18.2 Å². The zero-order chi connectivity index (χ0) is 19.1. The molecule has 2 aromatic rings. The number of aromatic nitrogens is 2. The SMILES string of the molecule is Cc1cc(C)n(-c2ccccc2CN=C(N)NCCCN2CCOCC2)n1. The lowest BCUT2D eigenvalue weighted by Gasteiger charge is -2.26. The van der Waals surface area contributed by atoms with Gasteiger partial charge in [-0.15, -0.1) is 0 Å². The molecule has 0 amide bonds. The van der Waals surface area contributed by atoms with Crippen LogP contribution in [0.1, 0.15) is 23.4 Å². The molecular weight excluding hydrogens is 340 g/mol. The van der Waals surface area contributed by atoms with Crippen molar-refractivity contribution in [3.63, 3.8) is 0 Å². The number of benzene rings is 1. The maximum absolute atomic E-state index is 6.05. The Kier molecular flexibility index (Phi) is 6.84. The summed E-state index contributed by atoms with van der Waals surface area (Å²) in [6.45, 7) is 10.2. The number of nitrogens with one attached hydrogen (secondary N) is 1. The highest BCUT2D eigenvalue weighted by atomic mass is 16.5. The van der Waals surface area contributed by atoms with Gasteiger partial charge in [0.1, 0.15) is 0 Å². The first-order chi connectivity index (χ1) is 13.1. The number of nitrogens with two attached hydrogens (primary N) is 1. The van der Waals surface area contributed by atoms with Gasteiger partial charge < -0.3 is 15.8 Å². The number of morpholine rings is 1. The number of nitrogens with zero attached hydrogens (tertiary/aromatic N) is 4. The maximum Gasteiger partial charge on any atom is 0.188 e. The second-order valence-corrected chi connectivity index (χ2v) is 6.90. The van der Waals surface area contributed by atoms with Crippen molar-refractivity contribution in [1.82, 2.24) is 20.0 Å². The molecule has 27 heavy (non-hydrogen) atoms. The molecule has 1 aliphatic heterocycles. The van der Waals surface area contributed by atoms with E-state index in [4.69, 9.17) is 10.5 Å². The van der Waals surface area contributed by atoms with E-state index >= 15 is 0 Å². The van der Waals surface area contributed by atoms with E-state index in [1.54, 1.807) is 0 Å². The molecule has 7 nitrogen and oxygen atoms in total. The van der Waals surface area contributed by atoms with Crippen molar-refractivity contribution < 1.29 is 4.74 Å². The van der Waals surface area contributed by atoms with Crippen LogP contribution in [0.15, 0.2) is 35.3 Å². The number of rotatable bonds is 7. The number of ether oxygens (including phenoxy) is 1. The Labute approximate surface area is 161 Å². The zero-order valence-electron chi connectivity index (χ0n) is 16.3. The minimum Gasteiger partial charge on any atom is -0.379 e. The number of para-hydroxylation sites is 1. The fourth-order valence-electron chi connectivity index (χ4n) is 3.29. The predicted molar refractivity (Wildman–Crippen MR) is 108 cm³/mol. The van der Waals surface area contributed by atoms with E-state index in [1.165, 1.54) is 0 Å². The van der Waals surface area contributed by atoms with Crippen LogP contribution < -0.4 is 11.1 Å². The summed E-state index contributed by atoms with van der Waals surface area (Å²) in [7, 11) is 0. The molecule has 0 unspecified atom stereocenters. The third-order valence-electron chi connectivity index (χ3n) is 4.71. The largest absolute Gasteiger partial charge is 0.379 e. The van der Waals surface area contributed by atoms with Gasteiger partial charge in [-0.2, -0.15) is 5.10 Å². The summed E-state index contributed by atoms with van der Waals surface area (Å²) < 4.78 is 7.33. The first-order valence-corrected chi connectivity index (χ1v) is 9.59. The second-order valence-electron chi connectivity index (χ2n) is 6.90. The monoisotopic (exact) mass is 370 g/mol. The van der Waals surface area contributed by atoms with Gasteiger partial charge in [-0.3, -0.25) is 4.90 Å². The maximum atomic E-state index is 6.05. The smallest absolute Gasteiger partial charge is 0.188 e. The van der Waals surface area contributed by atoms with Crippen molar-refractivity contribution in [2.75, 3.05) is 39.4 Å². The first-order valence-electron chi connectivity index (χ1n) is 9.59. The highest BCUT2D eigenvalue weighted by Gasteiger charge is 2.10. The molecule has 0 aliphatic carbocycles. The fraction of sp³-hybridized carbons (Fsp3) is 0.500. The lowest BCUT2D eigenvalue weighted by Crippen LogP contribution is -2.39. The standard InChI is InChI=1S/C20H30N6O/c1-16-14-17(2)26(24-16)19-7-4-3-6-18(19)15-23-20(21)22-8-5-9-25-10-12-27-13-11-25/h3-4,6-7,14H,5,8-13,15H2,1-2H3,(H3,21,22,23). The Bertz CT molecular complexity index is 764. The van der Waals surface area contributed by atoms with Gasteiger partial charge in [-0.25, -0.2) is 9.67 Å². The van der Waals surface area contributed by atoms with E-state index in [2.05, 4.69) is 45.4 Å². The number of guanidine groups is 1. The van der Waals surface area contributed by atoms with Crippen molar-refractivity contribution in [2.45, 2.75) is 26.8 Å². The van der Waals surface area contributed by atoms with Gasteiger partial charge in [0.2, 0.25) is 0 Å². The highest BCUT2D eigenvalue weighted by Crippen LogP contribution is 2.17. The van der Waals surface area contributed by atoms with E-state index in [-0.39, 0.29) is 0 Å². The van der Waals surface area contributed by atoms with E-state index in [1.807, 2.05) is 23.7 Å². The van der Waals surface area contributed by atoms with Gasteiger partial charge in [0.05, 0.1) is 31.1 Å². The molecule has 0 bridgehead atoms. The van der Waals surface area contributed by atoms with Crippen molar-refractivity contribution in [3.8, 4) is 5.69 Å². The van der Waals surface area contributed by atoms with Gasteiger partial charge in [0, 0.05) is 25.3 Å². The Hall–Kier alpha value is -2.38. The van der Waals surface area contributed by atoms with Crippen LogP contribution in [0.4, 0.5) is 0 Å². The zero-order valence-corrected chi connectivity index (χ0v) is 16.3. The van der Waals surface area contributed by atoms with E-state index in [0.29, 0.717) is 12.5 Å². The van der Waals surface area contributed by atoms with Crippen molar-refractivity contribution in [3.05, 3.63) is 47.3 Å². The summed E-state index contributed by atoms with van der Waals surface area (Å²) in [4.78, 5) is 6.93. The second kappa shape index (κ2) is 9.53. The van der Waals surface area contributed by atoms with Crippen LogP contribution in [0.3, 0.4) is 0 Å². The Balaban J connectivity index is 1.52. The molecule has 3 rings (SSSR count). The summed E-state index contributed by atoms with van der Waals surface area (Å²) in [5, 5.41) is 7.80. The first kappa shape index (κ1) is 19.4. The number of hydrogen-bond acceptors (Lipinski definition) is 4. The lowest BCUT2D eigenvalue weighted by molar-refractivity contribution is 0.0376. The average Bonchev–Trinajstić information content (AvgIpc) is 3.02. The van der Waals surface area contributed by atoms with Crippen LogP contribution in [0.25, 0.3) is 5.69 Å². The summed E-state index contributed by atoms with van der Waals surface area (Å²) in [6.07, 6.45) is 1.04. The van der Waals surface area contributed by atoms with Gasteiger partial charge in [0.25, 0.3) is 0 Å². The van der Waals surface area contributed by atoms with Crippen LogP contribution in [-0.4, -0.2) is 60.0 Å². The Morgan fingerprint density at radius 3 is 2.78 bits per heavy atom.